The maximum Gasteiger partial charge on any atom is 0.156 e. The number of aromatic nitrogens is 2. The van der Waals surface area contributed by atoms with E-state index in [0.717, 1.165) is 19.3 Å². The number of halogens is 1. The Bertz CT molecular complexity index is 414. The molecule has 17 heavy (non-hydrogen) atoms. The Morgan fingerprint density at radius 1 is 1.53 bits per heavy atom. The molecule has 0 spiro atoms. The molecule has 1 N–H and O–H groups in total. The van der Waals surface area contributed by atoms with Gasteiger partial charge in [0.2, 0.25) is 0 Å². The van der Waals surface area contributed by atoms with Crippen molar-refractivity contribution in [2.24, 2.45) is 0 Å². The molecule has 2 rings (SSSR count). The van der Waals surface area contributed by atoms with Gasteiger partial charge in [0.25, 0.3) is 0 Å². The summed E-state index contributed by atoms with van der Waals surface area (Å²) >= 11 is 5.83. The summed E-state index contributed by atoms with van der Waals surface area (Å²) in [5.41, 5.74) is 0.302. The van der Waals surface area contributed by atoms with E-state index in [-0.39, 0.29) is 17.3 Å². The molecule has 1 fully saturated rings. The maximum atomic E-state index is 10.9. The lowest BCUT2D eigenvalue weighted by molar-refractivity contribution is 0.101. The van der Waals surface area contributed by atoms with E-state index >= 15 is 0 Å². The van der Waals surface area contributed by atoms with Crippen LogP contribution in [0.15, 0.2) is 6.33 Å². The number of methoxy groups -OCH3 is 1. The van der Waals surface area contributed by atoms with Crippen LogP contribution in [0.1, 0.15) is 29.6 Å². The molecule has 2 atom stereocenters. The number of anilines is 1. The van der Waals surface area contributed by atoms with E-state index < -0.39 is 0 Å². The molecule has 1 aliphatic rings. The topological polar surface area (TPSA) is 64.1 Å². The number of nitrogens with zero attached hydrogens (tertiary/aromatic N) is 2. The van der Waals surface area contributed by atoms with Crippen LogP contribution in [0.25, 0.3) is 0 Å². The maximum absolute atomic E-state index is 10.9. The fraction of sp³-hybridized carbons (Fsp3) is 0.545. The zero-order valence-electron chi connectivity index (χ0n) is 9.52. The smallest absolute Gasteiger partial charge is 0.156 e. The van der Waals surface area contributed by atoms with Gasteiger partial charge in [-0.1, -0.05) is 11.6 Å². The summed E-state index contributed by atoms with van der Waals surface area (Å²) < 4.78 is 5.37. The Morgan fingerprint density at radius 3 is 3.06 bits per heavy atom. The number of aldehydes is 1. The van der Waals surface area contributed by atoms with Crippen LogP contribution < -0.4 is 5.32 Å². The lowest BCUT2D eigenvalue weighted by Crippen LogP contribution is -2.30. The fourth-order valence-corrected chi connectivity index (χ4v) is 2.32. The van der Waals surface area contributed by atoms with Crippen LogP contribution in [0.3, 0.4) is 0 Å². The second-order valence-electron chi connectivity index (χ2n) is 4.00. The van der Waals surface area contributed by atoms with Crippen LogP contribution in [0.5, 0.6) is 0 Å². The number of hydrogen-bond donors (Lipinski definition) is 1. The minimum absolute atomic E-state index is 0.156. The molecular formula is C11H14ClN3O2. The van der Waals surface area contributed by atoms with Crippen LogP contribution in [0.4, 0.5) is 5.82 Å². The summed E-state index contributed by atoms with van der Waals surface area (Å²) in [5.74, 6) is 0.481. The number of hydrogen-bond acceptors (Lipinski definition) is 5. The van der Waals surface area contributed by atoms with E-state index in [1.165, 1.54) is 6.33 Å². The number of nitrogens with one attached hydrogen (secondary N) is 1. The van der Waals surface area contributed by atoms with E-state index in [1.807, 2.05) is 0 Å². The second kappa shape index (κ2) is 5.42. The zero-order chi connectivity index (χ0) is 12.3. The molecule has 1 aliphatic carbocycles. The first-order chi connectivity index (χ1) is 8.26. The van der Waals surface area contributed by atoms with Gasteiger partial charge in [-0.25, -0.2) is 9.97 Å². The van der Waals surface area contributed by atoms with Gasteiger partial charge in [0.05, 0.1) is 17.7 Å². The first kappa shape index (κ1) is 12.3. The van der Waals surface area contributed by atoms with E-state index in [0.29, 0.717) is 17.7 Å². The lowest BCUT2D eigenvalue weighted by atomic mass is 10.2. The number of carbonyl (C=O) groups excluding carboxylic acids is 1. The Morgan fingerprint density at radius 2 is 2.35 bits per heavy atom. The molecule has 0 aliphatic heterocycles. The molecule has 2 unspecified atom stereocenters. The number of rotatable bonds is 4. The fourth-order valence-electron chi connectivity index (χ4n) is 2.14. The van der Waals surface area contributed by atoms with Gasteiger partial charge >= 0.3 is 0 Å². The predicted octanol–water partition coefficient (Wildman–Crippen LogP) is 1.92. The van der Waals surface area contributed by atoms with Crippen molar-refractivity contribution in [1.82, 2.24) is 9.97 Å². The molecule has 0 aromatic carbocycles. The Kier molecular flexibility index (Phi) is 3.91. The average molecular weight is 256 g/mol. The largest absolute Gasteiger partial charge is 0.379 e. The minimum atomic E-state index is 0.156. The van der Waals surface area contributed by atoms with Gasteiger partial charge in [0.1, 0.15) is 17.3 Å². The zero-order valence-corrected chi connectivity index (χ0v) is 10.3. The molecule has 5 nitrogen and oxygen atoms in total. The first-order valence-corrected chi connectivity index (χ1v) is 5.89. The van der Waals surface area contributed by atoms with Crippen LogP contribution >= 0.6 is 11.6 Å². The number of ether oxygens (including phenoxy) is 1. The van der Waals surface area contributed by atoms with Crippen molar-refractivity contribution in [2.75, 3.05) is 12.4 Å². The van der Waals surface area contributed by atoms with Gasteiger partial charge in [-0.05, 0) is 19.3 Å². The molecule has 0 saturated heterocycles. The molecule has 1 aromatic rings. The third-order valence-corrected chi connectivity index (χ3v) is 3.33. The van der Waals surface area contributed by atoms with Crippen LogP contribution in [-0.2, 0) is 4.74 Å². The van der Waals surface area contributed by atoms with E-state index in [2.05, 4.69) is 15.3 Å². The van der Waals surface area contributed by atoms with Gasteiger partial charge in [0, 0.05) is 7.11 Å². The normalized spacial score (nSPS) is 23.6. The van der Waals surface area contributed by atoms with E-state index in [4.69, 9.17) is 16.3 Å². The van der Waals surface area contributed by atoms with Crippen molar-refractivity contribution < 1.29 is 9.53 Å². The molecule has 92 valence electrons. The third kappa shape index (κ3) is 2.56. The van der Waals surface area contributed by atoms with Gasteiger partial charge in [-0.15, -0.1) is 0 Å². The van der Waals surface area contributed by atoms with Crippen molar-refractivity contribution >= 4 is 23.7 Å². The molecule has 1 saturated carbocycles. The molecule has 6 heteroatoms. The summed E-state index contributed by atoms with van der Waals surface area (Å²) in [6, 6.07) is 0.171. The first-order valence-electron chi connectivity index (χ1n) is 5.51. The monoisotopic (exact) mass is 255 g/mol. The average Bonchev–Trinajstić information content (AvgIpc) is 2.77. The highest BCUT2D eigenvalue weighted by Gasteiger charge is 2.28. The Hall–Kier alpha value is -1.20. The molecule has 0 radical (unpaired) electrons. The third-order valence-electron chi connectivity index (χ3n) is 3.03. The van der Waals surface area contributed by atoms with Gasteiger partial charge < -0.3 is 10.1 Å². The summed E-state index contributed by atoms with van der Waals surface area (Å²) in [6.07, 6.45) is 5.28. The van der Waals surface area contributed by atoms with E-state index in [1.54, 1.807) is 7.11 Å². The van der Waals surface area contributed by atoms with Crippen molar-refractivity contribution in [3.63, 3.8) is 0 Å². The van der Waals surface area contributed by atoms with Gasteiger partial charge in [0.15, 0.2) is 6.29 Å². The highest BCUT2D eigenvalue weighted by Crippen LogP contribution is 2.26. The van der Waals surface area contributed by atoms with Crippen molar-refractivity contribution in [3.8, 4) is 0 Å². The van der Waals surface area contributed by atoms with Crippen LogP contribution in [0, 0.1) is 0 Å². The Balaban J connectivity index is 2.18. The van der Waals surface area contributed by atoms with Gasteiger partial charge in [-0.3, -0.25) is 4.79 Å². The van der Waals surface area contributed by atoms with Gasteiger partial charge in [-0.2, -0.15) is 0 Å². The number of carbonyl (C=O) groups is 1. The molecule has 0 amide bonds. The predicted molar refractivity (Wildman–Crippen MR) is 64.5 cm³/mol. The van der Waals surface area contributed by atoms with Crippen LogP contribution in [0.2, 0.25) is 5.15 Å². The van der Waals surface area contributed by atoms with E-state index in [9.17, 15) is 4.79 Å². The van der Waals surface area contributed by atoms with Crippen molar-refractivity contribution in [3.05, 3.63) is 17.0 Å². The minimum Gasteiger partial charge on any atom is -0.379 e. The molecule has 1 aromatic heterocycles. The SMILES string of the molecule is COC1CCCC1Nc1ncnc(Cl)c1C=O. The summed E-state index contributed by atoms with van der Waals surface area (Å²) in [4.78, 5) is 18.8. The molecule has 1 heterocycles. The summed E-state index contributed by atoms with van der Waals surface area (Å²) in [5, 5.41) is 3.38. The summed E-state index contributed by atoms with van der Waals surface area (Å²) in [7, 11) is 1.69. The highest BCUT2D eigenvalue weighted by atomic mass is 35.5. The molecular weight excluding hydrogens is 242 g/mol. The molecule has 0 bridgehead atoms. The summed E-state index contributed by atoms with van der Waals surface area (Å²) in [6.45, 7) is 0. The highest BCUT2D eigenvalue weighted by molar-refractivity contribution is 6.32. The van der Waals surface area contributed by atoms with Crippen molar-refractivity contribution in [1.29, 1.82) is 0 Å². The standard InChI is InChI=1S/C11H14ClN3O2/c1-17-9-4-2-3-8(9)15-11-7(5-16)10(12)13-6-14-11/h5-6,8-9H,2-4H2,1H3,(H,13,14,15). The second-order valence-corrected chi connectivity index (χ2v) is 4.36. The quantitative estimate of drug-likeness (QED) is 0.658. The lowest BCUT2D eigenvalue weighted by Gasteiger charge is -2.20. The Labute approximate surface area is 105 Å². The van der Waals surface area contributed by atoms with Crippen LogP contribution in [-0.4, -0.2) is 35.5 Å². The van der Waals surface area contributed by atoms with Crippen molar-refractivity contribution in [2.45, 2.75) is 31.4 Å².